The number of carbonyl (C=O) groups excluding carboxylic acids is 1. The van der Waals surface area contributed by atoms with Gasteiger partial charge in [0.1, 0.15) is 29.7 Å². The average Bonchev–Trinajstić information content (AvgIpc) is 3.01. The van der Waals surface area contributed by atoms with Crippen molar-refractivity contribution in [3.8, 4) is 5.75 Å². The van der Waals surface area contributed by atoms with E-state index in [0.29, 0.717) is 15.3 Å². The molecule has 1 heterocycles. The Balaban J connectivity index is 1.52. The Morgan fingerprint density at radius 3 is 2.50 bits per heavy atom. The molecule has 0 saturated carbocycles. The minimum atomic E-state index is -3.75. The fourth-order valence-electron chi connectivity index (χ4n) is 2.20. The molecule has 9 heteroatoms. The first kappa shape index (κ1) is 18.3. The van der Waals surface area contributed by atoms with Crippen LogP contribution in [-0.2, 0) is 14.8 Å². The Kier molecular flexibility index (Phi) is 5.21. The molecule has 6 nitrogen and oxygen atoms in total. The predicted molar refractivity (Wildman–Crippen MR) is 95.4 cm³/mol. The number of ether oxygens (including phenoxy) is 2. The smallest absolute Gasteiger partial charge is 0.348 e. The van der Waals surface area contributed by atoms with Gasteiger partial charge in [0.2, 0.25) is 10.0 Å². The molecule has 0 aliphatic heterocycles. The maximum atomic E-state index is 13.2. The molecule has 0 bridgehead atoms. The molecule has 0 aliphatic carbocycles. The summed E-state index contributed by atoms with van der Waals surface area (Å²) in [7, 11) is -3.75. The molecule has 0 amide bonds. The van der Waals surface area contributed by atoms with Crippen LogP contribution in [0, 0.1) is 5.82 Å². The Hall–Kier alpha value is -2.49. The highest BCUT2D eigenvalue weighted by molar-refractivity contribution is 7.89. The van der Waals surface area contributed by atoms with Crippen molar-refractivity contribution in [2.45, 2.75) is 4.90 Å². The van der Waals surface area contributed by atoms with Crippen LogP contribution in [0.4, 0.5) is 4.39 Å². The van der Waals surface area contributed by atoms with E-state index in [0.717, 1.165) is 16.7 Å². The van der Waals surface area contributed by atoms with Crippen LogP contribution in [0.15, 0.2) is 53.4 Å². The summed E-state index contributed by atoms with van der Waals surface area (Å²) in [6.07, 6.45) is 0. The fraction of sp³-hybridized carbons (Fsp3) is 0.118. The number of hydrogen-bond acceptors (Lipinski definition) is 6. The van der Waals surface area contributed by atoms with Gasteiger partial charge in [-0.25, -0.2) is 22.7 Å². The molecule has 1 aromatic heterocycles. The first-order chi connectivity index (χ1) is 12.3. The number of halogens is 1. The second-order valence-electron chi connectivity index (χ2n) is 5.29. The maximum absolute atomic E-state index is 13.2. The zero-order chi connectivity index (χ0) is 18.7. The van der Waals surface area contributed by atoms with Gasteiger partial charge in [-0.05, 0) is 47.9 Å². The molecule has 26 heavy (non-hydrogen) atoms. The first-order valence-corrected chi connectivity index (χ1v) is 9.81. The van der Waals surface area contributed by atoms with Crippen molar-refractivity contribution in [3.63, 3.8) is 0 Å². The van der Waals surface area contributed by atoms with Crippen molar-refractivity contribution in [2.24, 2.45) is 5.14 Å². The number of sulfonamides is 1. The van der Waals surface area contributed by atoms with Crippen LogP contribution in [0.5, 0.6) is 5.75 Å². The molecule has 0 radical (unpaired) electrons. The third-order valence-electron chi connectivity index (χ3n) is 3.42. The SMILES string of the molecule is NS(=O)(=O)c1ccc(OCCOC(=O)c2cc3ccc(F)cc3s2)cc1. The standard InChI is InChI=1S/C17H14FNO5S2/c18-12-2-1-11-9-16(25-15(11)10-12)17(20)24-8-7-23-13-3-5-14(6-4-13)26(19,21)22/h1-6,9-10H,7-8H2,(H2,19,21,22). The number of benzene rings is 2. The van der Waals surface area contributed by atoms with E-state index in [1.54, 1.807) is 12.1 Å². The van der Waals surface area contributed by atoms with Crippen LogP contribution in [0.2, 0.25) is 0 Å². The lowest BCUT2D eigenvalue weighted by Gasteiger charge is -2.07. The van der Waals surface area contributed by atoms with Gasteiger partial charge in [0.05, 0.1) is 4.90 Å². The van der Waals surface area contributed by atoms with E-state index in [9.17, 15) is 17.6 Å². The van der Waals surface area contributed by atoms with Crippen molar-refractivity contribution in [3.05, 3.63) is 59.2 Å². The van der Waals surface area contributed by atoms with E-state index in [1.165, 1.54) is 36.4 Å². The van der Waals surface area contributed by atoms with Crippen LogP contribution < -0.4 is 9.88 Å². The molecule has 0 atom stereocenters. The van der Waals surface area contributed by atoms with Crippen molar-refractivity contribution in [2.75, 3.05) is 13.2 Å². The molecule has 0 unspecified atom stereocenters. The monoisotopic (exact) mass is 395 g/mol. The van der Waals surface area contributed by atoms with Gasteiger partial charge in [0.15, 0.2) is 0 Å². The van der Waals surface area contributed by atoms with Crippen LogP contribution in [0.25, 0.3) is 10.1 Å². The number of nitrogens with two attached hydrogens (primary N) is 1. The van der Waals surface area contributed by atoms with Crippen molar-refractivity contribution >= 4 is 37.4 Å². The second kappa shape index (κ2) is 7.40. The van der Waals surface area contributed by atoms with Gasteiger partial charge in [0, 0.05) is 4.70 Å². The third-order valence-corrected chi connectivity index (χ3v) is 5.43. The van der Waals surface area contributed by atoms with Gasteiger partial charge in [-0.3, -0.25) is 0 Å². The maximum Gasteiger partial charge on any atom is 0.348 e. The molecule has 0 saturated heterocycles. The van der Waals surface area contributed by atoms with E-state index in [1.807, 2.05) is 0 Å². The summed E-state index contributed by atoms with van der Waals surface area (Å²) in [5, 5.41) is 5.78. The zero-order valence-corrected chi connectivity index (χ0v) is 15.0. The number of hydrogen-bond donors (Lipinski definition) is 1. The Morgan fingerprint density at radius 1 is 1.08 bits per heavy atom. The Morgan fingerprint density at radius 2 is 1.81 bits per heavy atom. The van der Waals surface area contributed by atoms with Gasteiger partial charge in [-0.15, -0.1) is 11.3 Å². The van der Waals surface area contributed by atoms with Crippen LogP contribution in [0.3, 0.4) is 0 Å². The molecule has 0 spiro atoms. The number of rotatable bonds is 6. The summed E-state index contributed by atoms with van der Waals surface area (Å²) >= 11 is 1.15. The van der Waals surface area contributed by atoms with Crippen LogP contribution >= 0.6 is 11.3 Å². The summed E-state index contributed by atoms with van der Waals surface area (Å²) in [5.41, 5.74) is 0. The molecular formula is C17H14FNO5S2. The Bertz CT molecular complexity index is 1040. The van der Waals surface area contributed by atoms with E-state index in [4.69, 9.17) is 14.6 Å². The topological polar surface area (TPSA) is 95.7 Å². The van der Waals surface area contributed by atoms with Crippen molar-refractivity contribution in [1.29, 1.82) is 0 Å². The molecule has 2 N–H and O–H groups in total. The van der Waals surface area contributed by atoms with E-state index < -0.39 is 16.0 Å². The third kappa shape index (κ3) is 4.37. The van der Waals surface area contributed by atoms with Gasteiger partial charge in [-0.1, -0.05) is 6.07 Å². The molecule has 0 fully saturated rings. The van der Waals surface area contributed by atoms with Gasteiger partial charge in [0.25, 0.3) is 0 Å². The molecule has 3 rings (SSSR count). The highest BCUT2D eigenvalue weighted by Crippen LogP contribution is 2.26. The number of primary sulfonamides is 1. The normalized spacial score (nSPS) is 11.5. The van der Waals surface area contributed by atoms with Crippen molar-refractivity contribution in [1.82, 2.24) is 0 Å². The number of esters is 1. The Labute approximate surface area is 153 Å². The summed E-state index contributed by atoms with van der Waals surface area (Å²) in [6.45, 7) is 0.109. The zero-order valence-electron chi connectivity index (χ0n) is 13.3. The number of carbonyl (C=O) groups is 1. The summed E-state index contributed by atoms with van der Waals surface area (Å²) in [5.74, 6) is -0.452. The largest absolute Gasteiger partial charge is 0.490 e. The quantitative estimate of drug-likeness (QED) is 0.511. The first-order valence-electron chi connectivity index (χ1n) is 7.45. The van der Waals surface area contributed by atoms with Crippen molar-refractivity contribution < 1.29 is 27.1 Å². The summed E-state index contributed by atoms with van der Waals surface area (Å²) in [4.78, 5) is 12.4. The number of fused-ring (bicyclic) bond motifs is 1. The fourth-order valence-corrected chi connectivity index (χ4v) is 3.69. The molecule has 2 aromatic carbocycles. The van der Waals surface area contributed by atoms with E-state index in [-0.39, 0.29) is 23.9 Å². The second-order valence-corrected chi connectivity index (χ2v) is 7.94. The highest BCUT2D eigenvalue weighted by Gasteiger charge is 2.12. The lowest BCUT2D eigenvalue weighted by atomic mass is 10.2. The summed E-state index contributed by atoms with van der Waals surface area (Å²) in [6, 6.07) is 11.5. The molecule has 0 aliphatic rings. The highest BCUT2D eigenvalue weighted by atomic mass is 32.2. The molecule has 3 aromatic rings. The molecule has 136 valence electrons. The lowest BCUT2D eigenvalue weighted by molar-refractivity contribution is 0.0456. The summed E-state index contributed by atoms with van der Waals surface area (Å²) < 4.78 is 46.7. The van der Waals surface area contributed by atoms with E-state index in [2.05, 4.69) is 0 Å². The van der Waals surface area contributed by atoms with Gasteiger partial charge >= 0.3 is 5.97 Å². The molecular weight excluding hydrogens is 381 g/mol. The van der Waals surface area contributed by atoms with Crippen LogP contribution in [-0.4, -0.2) is 27.6 Å². The van der Waals surface area contributed by atoms with Crippen LogP contribution in [0.1, 0.15) is 9.67 Å². The minimum absolute atomic E-state index is 0.0123. The minimum Gasteiger partial charge on any atom is -0.490 e. The predicted octanol–water partition coefficient (Wildman–Crippen LogP) is 2.92. The number of thiophene rings is 1. The van der Waals surface area contributed by atoms with E-state index >= 15 is 0 Å². The van der Waals surface area contributed by atoms with Gasteiger partial charge in [-0.2, -0.15) is 0 Å². The average molecular weight is 395 g/mol. The van der Waals surface area contributed by atoms with Gasteiger partial charge < -0.3 is 9.47 Å². The lowest BCUT2D eigenvalue weighted by Crippen LogP contribution is -2.13.